The maximum absolute atomic E-state index is 12.4. The van der Waals surface area contributed by atoms with E-state index in [9.17, 15) is 4.79 Å². The number of pyridine rings is 1. The highest BCUT2D eigenvalue weighted by atomic mass is 32.1. The van der Waals surface area contributed by atoms with E-state index in [1.165, 1.54) is 11.3 Å². The number of likely N-dealkylation sites (tertiary alicyclic amines) is 1. The van der Waals surface area contributed by atoms with Gasteiger partial charge in [-0.3, -0.25) is 9.78 Å². The van der Waals surface area contributed by atoms with Crippen LogP contribution in [0.25, 0.3) is 10.6 Å². The van der Waals surface area contributed by atoms with Crippen LogP contribution in [-0.4, -0.2) is 33.9 Å². The monoisotopic (exact) mass is 273 g/mol. The molecule has 98 valence electrons. The quantitative estimate of drug-likeness (QED) is 0.845. The first kappa shape index (κ1) is 12.3. The van der Waals surface area contributed by atoms with Crippen molar-refractivity contribution in [1.82, 2.24) is 14.9 Å². The lowest BCUT2D eigenvalue weighted by molar-refractivity contribution is 0.0796. The van der Waals surface area contributed by atoms with E-state index in [0.29, 0.717) is 0 Å². The Morgan fingerprint density at radius 1 is 1.26 bits per heavy atom. The molecule has 2 aromatic heterocycles. The Morgan fingerprint density at radius 2 is 1.95 bits per heavy atom. The van der Waals surface area contributed by atoms with Crippen molar-refractivity contribution in [1.29, 1.82) is 0 Å². The fraction of sp³-hybridized carbons (Fsp3) is 0.357. The molecule has 0 aromatic carbocycles. The SMILES string of the molecule is Cc1nc(-c2ccncc2)sc1C(=O)N1CCCC1. The lowest BCUT2D eigenvalue weighted by Crippen LogP contribution is -2.27. The van der Waals surface area contributed by atoms with Gasteiger partial charge in [0.1, 0.15) is 9.88 Å². The average molecular weight is 273 g/mol. The number of amides is 1. The summed E-state index contributed by atoms with van der Waals surface area (Å²) in [5, 5.41) is 0.891. The van der Waals surface area contributed by atoms with E-state index >= 15 is 0 Å². The highest BCUT2D eigenvalue weighted by molar-refractivity contribution is 7.17. The molecule has 4 nitrogen and oxygen atoms in total. The van der Waals surface area contributed by atoms with Gasteiger partial charge < -0.3 is 4.90 Å². The molecule has 1 aliphatic heterocycles. The Balaban J connectivity index is 1.91. The second kappa shape index (κ2) is 5.09. The highest BCUT2D eigenvalue weighted by Gasteiger charge is 2.24. The maximum atomic E-state index is 12.4. The van der Waals surface area contributed by atoms with Crippen LogP contribution in [0.15, 0.2) is 24.5 Å². The molecule has 1 fully saturated rings. The molecule has 0 aliphatic carbocycles. The van der Waals surface area contributed by atoms with E-state index in [-0.39, 0.29) is 5.91 Å². The zero-order valence-electron chi connectivity index (χ0n) is 10.8. The molecule has 0 unspecified atom stereocenters. The fourth-order valence-corrected chi connectivity index (χ4v) is 3.32. The van der Waals surface area contributed by atoms with E-state index < -0.39 is 0 Å². The number of aromatic nitrogens is 2. The number of nitrogens with zero attached hydrogens (tertiary/aromatic N) is 3. The zero-order valence-corrected chi connectivity index (χ0v) is 11.6. The van der Waals surface area contributed by atoms with Crippen LogP contribution in [0.2, 0.25) is 0 Å². The van der Waals surface area contributed by atoms with Crippen LogP contribution in [0.1, 0.15) is 28.2 Å². The molecule has 0 spiro atoms. The number of rotatable bonds is 2. The predicted octanol–water partition coefficient (Wildman–Crippen LogP) is 2.75. The van der Waals surface area contributed by atoms with Gasteiger partial charge in [-0.25, -0.2) is 4.98 Å². The largest absolute Gasteiger partial charge is 0.338 e. The Labute approximate surface area is 116 Å². The van der Waals surface area contributed by atoms with Crippen molar-refractivity contribution in [3.05, 3.63) is 35.1 Å². The molecule has 19 heavy (non-hydrogen) atoms. The molecule has 1 saturated heterocycles. The number of hydrogen-bond acceptors (Lipinski definition) is 4. The van der Waals surface area contributed by atoms with Gasteiger partial charge in [-0.1, -0.05) is 0 Å². The lowest BCUT2D eigenvalue weighted by atomic mass is 10.3. The van der Waals surface area contributed by atoms with Gasteiger partial charge >= 0.3 is 0 Å². The topological polar surface area (TPSA) is 46.1 Å². The smallest absolute Gasteiger partial charge is 0.265 e. The number of hydrogen-bond donors (Lipinski definition) is 0. The number of thiazole rings is 1. The molecular formula is C14H15N3OS. The second-order valence-corrected chi connectivity index (χ2v) is 5.67. The third-order valence-electron chi connectivity index (χ3n) is 3.31. The van der Waals surface area contributed by atoms with Crippen LogP contribution in [0.5, 0.6) is 0 Å². The summed E-state index contributed by atoms with van der Waals surface area (Å²) < 4.78 is 0. The second-order valence-electron chi connectivity index (χ2n) is 4.67. The van der Waals surface area contributed by atoms with Crippen molar-refractivity contribution in [3.63, 3.8) is 0 Å². The molecule has 0 radical (unpaired) electrons. The maximum Gasteiger partial charge on any atom is 0.265 e. The fourth-order valence-electron chi connectivity index (χ4n) is 2.28. The third-order valence-corrected chi connectivity index (χ3v) is 4.51. The standard InChI is InChI=1S/C14H15N3OS/c1-10-12(14(18)17-8-2-3-9-17)19-13(16-10)11-4-6-15-7-5-11/h4-7H,2-3,8-9H2,1H3. The van der Waals surface area contributed by atoms with Crippen LogP contribution in [-0.2, 0) is 0 Å². The van der Waals surface area contributed by atoms with E-state index in [1.54, 1.807) is 12.4 Å². The molecule has 1 amide bonds. The number of aryl methyl sites for hydroxylation is 1. The number of carbonyl (C=O) groups excluding carboxylic acids is 1. The molecule has 5 heteroatoms. The van der Waals surface area contributed by atoms with Gasteiger partial charge in [0.15, 0.2) is 0 Å². The van der Waals surface area contributed by atoms with Gasteiger partial charge in [0, 0.05) is 31.0 Å². The van der Waals surface area contributed by atoms with Gasteiger partial charge in [-0.15, -0.1) is 11.3 Å². The summed E-state index contributed by atoms with van der Waals surface area (Å²) >= 11 is 1.48. The summed E-state index contributed by atoms with van der Waals surface area (Å²) in [4.78, 5) is 23.6. The normalized spacial score (nSPS) is 14.9. The molecule has 1 aliphatic rings. The van der Waals surface area contributed by atoms with Crippen molar-refractivity contribution in [3.8, 4) is 10.6 Å². The summed E-state index contributed by atoms with van der Waals surface area (Å²) in [7, 11) is 0. The Kier molecular flexibility index (Phi) is 3.29. The number of carbonyl (C=O) groups is 1. The van der Waals surface area contributed by atoms with Crippen molar-refractivity contribution in [2.45, 2.75) is 19.8 Å². The third kappa shape index (κ3) is 2.38. The summed E-state index contributed by atoms with van der Waals surface area (Å²) in [6, 6.07) is 3.84. The molecule has 0 atom stereocenters. The van der Waals surface area contributed by atoms with E-state index in [4.69, 9.17) is 0 Å². The summed E-state index contributed by atoms with van der Waals surface area (Å²) in [5.74, 6) is 0.132. The van der Waals surface area contributed by atoms with Crippen LogP contribution in [0.4, 0.5) is 0 Å². The first-order valence-electron chi connectivity index (χ1n) is 6.43. The van der Waals surface area contributed by atoms with Crippen LogP contribution in [0.3, 0.4) is 0 Å². The van der Waals surface area contributed by atoms with Gasteiger partial charge in [0.2, 0.25) is 0 Å². The van der Waals surface area contributed by atoms with Gasteiger partial charge in [0.05, 0.1) is 5.69 Å². The molecule has 3 rings (SSSR count). The molecule has 3 heterocycles. The van der Waals surface area contributed by atoms with Gasteiger partial charge in [-0.05, 0) is 31.9 Å². The lowest BCUT2D eigenvalue weighted by Gasteiger charge is -2.13. The minimum Gasteiger partial charge on any atom is -0.338 e. The first-order chi connectivity index (χ1) is 9.25. The van der Waals surface area contributed by atoms with Crippen LogP contribution in [0, 0.1) is 6.92 Å². The van der Waals surface area contributed by atoms with Crippen LogP contribution < -0.4 is 0 Å². The summed E-state index contributed by atoms with van der Waals surface area (Å²) in [6.07, 6.45) is 5.71. The zero-order chi connectivity index (χ0) is 13.2. The molecule has 2 aromatic rings. The Bertz CT molecular complexity index is 588. The first-order valence-corrected chi connectivity index (χ1v) is 7.24. The van der Waals surface area contributed by atoms with E-state index in [2.05, 4.69) is 9.97 Å². The Hall–Kier alpha value is -1.75. The molecular weight excluding hydrogens is 258 g/mol. The minimum atomic E-state index is 0.132. The highest BCUT2D eigenvalue weighted by Crippen LogP contribution is 2.29. The van der Waals surface area contributed by atoms with E-state index in [1.807, 2.05) is 24.0 Å². The van der Waals surface area contributed by atoms with Gasteiger partial charge in [-0.2, -0.15) is 0 Å². The van der Waals surface area contributed by atoms with Crippen molar-refractivity contribution in [2.24, 2.45) is 0 Å². The van der Waals surface area contributed by atoms with Crippen molar-refractivity contribution < 1.29 is 4.79 Å². The van der Waals surface area contributed by atoms with Gasteiger partial charge in [0.25, 0.3) is 5.91 Å². The average Bonchev–Trinajstić information content (AvgIpc) is 3.08. The summed E-state index contributed by atoms with van der Waals surface area (Å²) in [6.45, 7) is 3.66. The van der Waals surface area contributed by atoms with Crippen molar-refractivity contribution in [2.75, 3.05) is 13.1 Å². The summed E-state index contributed by atoms with van der Waals surface area (Å²) in [5.41, 5.74) is 1.84. The molecule has 0 saturated carbocycles. The molecule has 0 N–H and O–H groups in total. The Morgan fingerprint density at radius 3 is 2.63 bits per heavy atom. The van der Waals surface area contributed by atoms with E-state index in [0.717, 1.165) is 47.1 Å². The minimum absolute atomic E-state index is 0.132. The van der Waals surface area contributed by atoms with Crippen molar-refractivity contribution >= 4 is 17.2 Å². The van der Waals surface area contributed by atoms with Crippen LogP contribution >= 0.6 is 11.3 Å². The predicted molar refractivity (Wildman–Crippen MR) is 75.2 cm³/mol. The molecule has 0 bridgehead atoms.